The van der Waals surface area contributed by atoms with Crippen molar-refractivity contribution in [3.05, 3.63) is 65.2 Å². The van der Waals surface area contributed by atoms with E-state index in [0.717, 1.165) is 31.2 Å². The van der Waals surface area contributed by atoms with E-state index in [1.807, 2.05) is 54.3 Å². The standard InChI is InChI=1S/C23H27ClN2O2/c1-2-26(16-17-8-4-3-5-9-17)23(28)19-14-12-18(13-15-19)22(27)25-21-11-7-6-10-20(21)24/h3-11,18-19H,2,12-16H2,1H3,(H,25,27). The van der Waals surface area contributed by atoms with Crippen LogP contribution >= 0.6 is 11.6 Å². The average Bonchev–Trinajstić information content (AvgIpc) is 2.74. The van der Waals surface area contributed by atoms with E-state index in [1.165, 1.54) is 0 Å². The molecule has 0 aromatic heterocycles. The molecule has 0 aliphatic heterocycles. The van der Waals surface area contributed by atoms with Crippen molar-refractivity contribution in [1.82, 2.24) is 4.90 Å². The summed E-state index contributed by atoms with van der Waals surface area (Å²) in [6.07, 6.45) is 2.97. The van der Waals surface area contributed by atoms with Crippen molar-refractivity contribution in [1.29, 1.82) is 0 Å². The van der Waals surface area contributed by atoms with Gasteiger partial charge in [0.05, 0.1) is 10.7 Å². The summed E-state index contributed by atoms with van der Waals surface area (Å²) in [4.78, 5) is 27.4. The number of para-hydroxylation sites is 1. The first-order chi connectivity index (χ1) is 13.6. The molecule has 1 aliphatic rings. The van der Waals surface area contributed by atoms with Gasteiger partial charge in [0.2, 0.25) is 11.8 Å². The highest BCUT2D eigenvalue weighted by atomic mass is 35.5. The number of carbonyl (C=O) groups is 2. The van der Waals surface area contributed by atoms with Crippen LogP contribution in [-0.4, -0.2) is 23.3 Å². The zero-order valence-corrected chi connectivity index (χ0v) is 17.0. The number of anilines is 1. The van der Waals surface area contributed by atoms with Gasteiger partial charge in [-0.15, -0.1) is 0 Å². The van der Waals surface area contributed by atoms with Crippen molar-refractivity contribution in [2.45, 2.75) is 39.2 Å². The molecule has 148 valence electrons. The second-order valence-electron chi connectivity index (χ2n) is 7.36. The fourth-order valence-corrected chi connectivity index (χ4v) is 3.99. The SMILES string of the molecule is CCN(Cc1ccccc1)C(=O)C1CCC(C(=O)Nc2ccccc2Cl)CC1. The van der Waals surface area contributed by atoms with Crippen LogP contribution in [0.4, 0.5) is 5.69 Å². The molecule has 1 saturated carbocycles. The molecule has 0 radical (unpaired) electrons. The van der Waals surface area contributed by atoms with E-state index in [-0.39, 0.29) is 23.7 Å². The lowest BCUT2D eigenvalue weighted by molar-refractivity contribution is -0.138. The fourth-order valence-electron chi connectivity index (χ4n) is 3.81. The molecule has 1 N–H and O–H groups in total. The van der Waals surface area contributed by atoms with Crippen molar-refractivity contribution in [2.24, 2.45) is 11.8 Å². The number of nitrogens with zero attached hydrogens (tertiary/aromatic N) is 1. The molecule has 1 aliphatic carbocycles. The predicted molar refractivity (Wildman–Crippen MR) is 113 cm³/mol. The Labute approximate surface area is 171 Å². The van der Waals surface area contributed by atoms with Crippen LogP contribution < -0.4 is 5.32 Å². The first-order valence-corrected chi connectivity index (χ1v) is 10.3. The fraction of sp³-hybridized carbons (Fsp3) is 0.391. The number of halogens is 1. The average molecular weight is 399 g/mol. The van der Waals surface area contributed by atoms with Gasteiger partial charge < -0.3 is 10.2 Å². The summed E-state index contributed by atoms with van der Waals surface area (Å²) in [5.74, 6) is 0.143. The highest BCUT2D eigenvalue weighted by Crippen LogP contribution is 2.32. The number of rotatable bonds is 6. The third-order valence-corrected chi connectivity index (χ3v) is 5.82. The molecule has 2 aromatic carbocycles. The Kier molecular flexibility index (Phi) is 7.10. The van der Waals surface area contributed by atoms with E-state index < -0.39 is 0 Å². The minimum Gasteiger partial charge on any atom is -0.338 e. The van der Waals surface area contributed by atoms with Crippen LogP contribution in [-0.2, 0) is 16.1 Å². The molecule has 1 fully saturated rings. The van der Waals surface area contributed by atoms with E-state index in [9.17, 15) is 9.59 Å². The van der Waals surface area contributed by atoms with E-state index >= 15 is 0 Å². The van der Waals surface area contributed by atoms with Gasteiger partial charge >= 0.3 is 0 Å². The maximum atomic E-state index is 13.0. The van der Waals surface area contributed by atoms with Crippen molar-refractivity contribution in [3.63, 3.8) is 0 Å². The van der Waals surface area contributed by atoms with Gasteiger partial charge in [-0.1, -0.05) is 54.1 Å². The van der Waals surface area contributed by atoms with Gasteiger partial charge in [0.1, 0.15) is 0 Å². The Hall–Kier alpha value is -2.33. The van der Waals surface area contributed by atoms with Crippen molar-refractivity contribution in [2.75, 3.05) is 11.9 Å². The molecule has 4 nitrogen and oxygen atoms in total. The maximum Gasteiger partial charge on any atom is 0.227 e. The monoisotopic (exact) mass is 398 g/mol. The van der Waals surface area contributed by atoms with Gasteiger partial charge in [-0.3, -0.25) is 9.59 Å². The molecular weight excluding hydrogens is 372 g/mol. The van der Waals surface area contributed by atoms with Crippen molar-refractivity contribution < 1.29 is 9.59 Å². The van der Waals surface area contributed by atoms with Gasteiger partial charge in [0, 0.05) is 24.9 Å². The molecule has 2 amide bonds. The molecule has 2 aromatic rings. The second kappa shape index (κ2) is 9.74. The lowest BCUT2D eigenvalue weighted by Gasteiger charge is -2.31. The van der Waals surface area contributed by atoms with Crippen molar-refractivity contribution in [3.8, 4) is 0 Å². The van der Waals surface area contributed by atoms with Crippen LogP contribution in [0.5, 0.6) is 0 Å². The van der Waals surface area contributed by atoms with Crippen LogP contribution in [0.25, 0.3) is 0 Å². The Morgan fingerprint density at radius 3 is 2.21 bits per heavy atom. The van der Waals surface area contributed by atoms with Crippen LogP contribution in [0.15, 0.2) is 54.6 Å². The maximum absolute atomic E-state index is 13.0. The van der Waals surface area contributed by atoms with Gasteiger partial charge in [-0.25, -0.2) is 0 Å². The summed E-state index contributed by atoms with van der Waals surface area (Å²) >= 11 is 6.12. The van der Waals surface area contributed by atoms with Crippen LogP contribution in [0.1, 0.15) is 38.2 Å². The minimum absolute atomic E-state index is 0.00404. The first kappa shape index (κ1) is 20.4. The van der Waals surface area contributed by atoms with E-state index in [2.05, 4.69) is 5.32 Å². The number of hydrogen-bond acceptors (Lipinski definition) is 2. The molecule has 0 spiro atoms. The number of benzene rings is 2. The molecule has 0 unspecified atom stereocenters. The number of nitrogens with one attached hydrogen (secondary N) is 1. The minimum atomic E-state index is -0.0653. The largest absolute Gasteiger partial charge is 0.338 e. The number of amides is 2. The Morgan fingerprint density at radius 2 is 1.57 bits per heavy atom. The van der Waals surface area contributed by atoms with Crippen LogP contribution in [0, 0.1) is 11.8 Å². The summed E-state index contributed by atoms with van der Waals surface area (Å²) in [7, 11) is 0. The first-order valence-electron chi connectivity index (χ1n) is 9.96. The van der Waals surface area contributed by atoms with E-state index in [4.69, 9.17) is 11.6 Å². The lowest BCUT2D eigenvalue weighted by atomic mass is 9.80. The third-order valence-electron chi connectivity index (χ3n) is 5.49. The predicted octanol–water partition coefficient (Wildman–Crippen LogP) is 5.13. The smallest absolute Gasteiger partial charge is 0.227 e. The van der Waals surface area contributed by atoms with Crippen LogP contribution in [0.2, 0.25) is 5.02 Å². The summed E-state index contributed by atoms with van der Waals surface area (Å²) in [6, 6.07) is 17.3. The Balaban J connectivity index is 1.53. The summed E-state index contributed by atoms with van der Waals surface area (Å²) in [5.41, 5.74) is 1.79. The third kappa shape index (κ3) is 5.14. The molecule has 3 rings (SSSR count). The van der Waals surface area contributed by atoms with Gasteiger partial charge in [-0.2, -0.15) is 0 Å². The second-order valence-corrected chi connectivity index (χ2v) is 7.76. The summed E-state index contributed by atoms with van der Waals surface area (Å²) in [5, 5.41) is 3.47. The topological polar surface area (TPSA) is 49.4 Å². The number of carbonyl (C=O) groups excluding carboxylic acids is 2. The molecular formula is C23H27ClN2O2. The highest BCUT2D eigenvalue weighted by Gasteiger charge is 2.32. The van der Waals surface area contributed by atoms with E-state index in [0.29, 0.717) is 23.8 Å². The molecule has 0 bridgehead atoms. The van der Waals surface area contributed by atoms with E-state index in [1.54, 1.807) is 12.1 Å². The normalized spacial score (nSPS) is 19.1. The molecule has 0 heterocycles. The summed E-state index contributed by atoms with van der Waals surface area (Å²) in [6.45, 7) is 3.35. The Bertz CT molecular complexity index is 801. The van der Waals surface area contributed by atoms with Gasteiger partial charge in [-0.05, 0) is 50.3 Å². The summed E-state index contributed by atoms with van der Waals surface area (Å²) < 4.78 is 0. The quantitative estimate of drug-likeness (QED) is 0.732. The van der Waals surface area contributed by atoms with Crippen LogP contribution in [0.3, 0.4) is 0 Å². The molecule has 5 heteroatoms. The van der Waals surface area contributed by atoms with Gasteiger partial charge in [0.15, 0.2) is 0 Å². The zero-order chi connectivity index (χ0) is 19.9. The highest BCUT2D eigenvalue weighted by molar-refractivity contribution is 6.33. The molecule has 0 saturated heterocycles. The van der Waals surface area contributed by atoms with Gasteiger partial charge in [0.25, 0.3) is 0 Å². The number of hydrogen-bond donors (Lipinski definition) is 1. The molecule has 0 atom stereocenters. The Morgan fingerprint density at radius 1 is 0.964 bits per heavy atom. The zero-order valence-electron chi connectivity index (χ0n) is 16.2. The lowest BCUT2D eigenvalue weighted by Crippen LogP contribution is -2.38. The van der Waals surface area contributed by atoms with Crippen molar-refractivity contribution >= 4 is 29.1 Å². The molecule has 28 heavy (non-hydrogen) atoms.